The van der Waals surface area contributed by atoms with Gasteiger partial charge in [0.15, 0.2) is 0 Å². The predicted octanol–water partition coefficient (Wildman–Crippen LogP) is 1.17. The molecule has 1 heterocycles. The summed E-state index contributed by atoms with van der Waals surface area (Å²) in [6.07, 6.45) is 6.20. The molecule has 0 aromatic carbocycles. The van der Waals surface area contributed by atoms with Crippen LogP contribution in [0.15, 0.2) is 0 Å². The van der Waals surface area contributed by atoms with Crippen LogP contribution >= 0.6 is 0 Å². The van der Waals surface area contributed by atoms with E-state index in [1.54, 1.807) is 0 Å². The van der Waals surface area contributed by atoms with E-state index in [-0.39, 0.29) is 6.10 Å². The lowest BCUT2D eigenvalue weighted by Crippen LogP contribution is -2.48. The number of aliphatic hydroxyl groups is 1. The minimum atomic E-state index is -0.118. The van der Waals surface area contributed by atoms with Crippen LogP contribution in [-0.2, 0) is 0 Å². The topological polar surface area (TPSA) is 26.7 Å². The number of hydrogen-bond acceptors (Lipinski definition) is 3. The minimum Gasteiger partial charge on any atom is -0.391 e. The molecule has 0 radical (unpaired) electrons. The van der Waals surface area contributed by atoms with Crippen LogP contribution in [0.3, 0.4) is 0 Å². The number of aliphatic hydroxyl groups excluding tert-OH is 1. The quantitative estimate of drug-likeness (QED) is 0.766. The van der Waals surface area contributed by atoms with Crippen molar-refractivity contribution in [3.05, 3.63) is 0 Å². The molecule has 2 aliphatic rings. The average Bonchev–Trinajstić information content (AvgIpc) is 2.72. The Kier molecular flexibility index (Phi) is 4.22. The third kappa shape index (κ3) is 2.76. The zero-order chi connectivity index (χ0) is 11.5. The molecule has 2 rings (SSSR count). The monoisotopic (exact) mass is 226 g/mol. The van der Waals surface area contributed by atoms with Gasteiger partial charge >= 0.3 is 0 Å². The van der Waals surface area contributed by atoms with Crippen molar-refractivity contribution < 1.29 is 5.11 Å². The Balaban J connectivity index is 1.98. The van der Waals surface area contributed by atoms with Crippen molar-refractivity contribution >= 4 is 0 Å². The first-order valence-corrected chi connectivity index (χ1v) is 6.75. The molecule has 1 aliphatic heterocycles. The molecule has 94 valence electrons. The van der Waals surface area contributed by atoms with Crippen LogP contribution in [-0.4, -0.2) is 60.8 Å². The molecule has 2 unspecified atom stereocenters. The molecule has 3 nitrogen and oxygen atoms in total. The second-order valence-corrected chi connectivity index (χ2v) is 5.70. The van der Waals surface area contributed by atoms with Gasteiger partial charge in [-0.05, 0) is 52.4 Å². The standard InChI is InChI=1S/C13H26N2O/c1-14-8-5-9-15(2)12(10-14)13(16)11-6-3-4-7-11/h11-13,16H,3-10H2,1-2H3. The van der Waals surface area contributed by atoms with Crippen LogP contribution in [0.4, 0.5) is 0 Å². The van der Waals surface area contributed by atoms with E-state index in [2.05, 4.69) is 23.9 Å². The van der Waals surface area contributed by atoms with E-state index in [9.17, 15) is 5.11 Å². The Morgan fingerprint density at radius 3 is 2.44 bits per heavy atom. The van der Waals surface area contributed by atoms with E-state index in [0.29, 0.717) is 12.0 Å². The summed E-state index contributed by atoms with van der Waals surface area (Å²) in [5, 5.41) is 10.5. The van der Waals surface area contributed by atoms with Crippen molar-refractivity contribution in [3.8, 4) is 0 Å². The fourth-order valence-electron chi connectivity index (χ4n) is 3.29. The molecule has 0 spiro atoms. The van der Waals surface area contributed by atoms with Gasteiger partial charge in [-0.25, -0.2) is 0 Å². The molecule has 0 amide bonds. The van der Waals surface area contributed by atoms with Crippen molar-refractivity contribution in [1.29, 1.82) is 0 Å². The Morgan fingerprint density at radius 2 is 1.75 bits per heavy atom. The fourth-order valence-corrected chi connectivity index (χ4v) is 3.29. The molecule has 0 bridgehead atoms. The molecule has 0 aromatic heterocycles. The Bertz CT molecular complexity index is 216. The van der Waals surface area contributed by atoms with E-state index >= 15 is 0 Å². The third-order valence-electron chi connectivity index (χ3n) is 4.39. The summed E-state index contributed by atoms with van der Waals surface area (Å²) in [4.78, 5) is 4.73. The Hall–Kier alpha value is -0.120. The van der Waals surface area contributed by atoms with Crippen LogP contribution in [0.1, 0.15) is 32.1 Å². The number of hydrogen-bond donors (Lipinski definition) is 1. The summed E-state index contributed by atoms with van der Waals surface area (Å²) in [5.41, 5.74) is 0. The lowest BCUT2D eigenvalue weighted by atomic mass is 9.93. The van der Waals surface area contributed by atoms with E-state index in [1.165, 1.54) is 32.1 Å². The molecule has 16 heavy (non-hydrogen) atoms. The molecular formula is C13H26N2O. The molecule has 1 N–H and O–H groups in total. The number of likely N-dealkylation sites (N-methyl/N-ethyl adjacent to an activating group) is 2. The van der Waals surface area contributed by atoms with Crippen molar-refractivity contribution in [2.24, 2.45) is 5.92 Å². The zero-order valence-electron chi connectivity index (χ0n) is 10.7. The SMILES string of the molecule is CN1CCCN(C)C(C(O)C2CCCC2)C1. The largest absolute Gasteiger partial charge is 0.391 e. The second kappa shape index (κ2) is 5.48. The first kappa shape index (κ1) is 12.3. The lowest BCUT2D eigenvalue weighted by Gasteiger charge is -2.34. The molecule has 2 fully saturated rings. The van der Waals surface area contributed by atoms with Crippen LogP contribution in [0.25, 0.3) is 0 Å². The zero-order valence-corrected chi connectivity index (χ0v) is 10.7. The summed E-state index contributed by atoms with van der Waals surface area (Å²) in [5.74, 6) is 0.555. The molecular weight excluding hydrogens is 200 g/mol. The normalized spacial score (nSPS) is 32.8. The van der Waals surface area contributed by atoms with Crippen molar-refractivity contribution in [2.45, 2.75) is 44.2 Å². The van der Waals surface area contributed by atoms with Gasteiger partial charge < -0.3 is 10.0 Å². The third-order valence-corrected chi connectivity index (χ3v) is 4.39. The van der Waals surface area contributed by atoms with Crippen LogP contribution in [0, 0.1) is 5.92 Å². The van der Waals surface area contributed by atoms with Gasteiger partial charge in [-0.2, -0.15) is 0 Å². The summed E-state index contributed by atoms with van der Waals surface area (Å²) in [6, 6.07) is 0.343. The maximum atomic E-state index is 10.5. The predicted molar refractivity (Wildman–Crippen MR) is 66.5 cm³/mol. The van der Waals surface area contributed by atoms with Gasteiger partial charge in [0, 0.05) is 12.6 Å². The summed E-state index contributed by atoms with van der Waals surface area (Å²) < 4.78 is 0. The maximum Gasteiger partial charge on any atom is 0.0735 e. The van der Waals surface area contributed by atoms with Crippen molar-refractivity contribution in [2.75, 3.05) is 33.7 Å². The molecule has 3 heteroatoms. The molecule has 0 aromatic rings. The fraction of sp³-hybridized carbons (Fsp3) is 1.00. The van der Waals surface area contributed by atoms with Crippen LogP contribution < -0.4 is 0 Å². The van der Waals surface area contributed by atoms with E-state index in [4.69, 9.17) is 0 Å². The highest BCUT2D eigenvalue weighted by atomic mass is 16.3. The van der Waals surface area contributed by atoms with Crippen molar-refractivity contribution in [3.63, 3.8) is 0 Å². The van der Waals surface area contributed by atoms with Crippen molar-refractivity contribution in [1.82, 2.24) is 9.80 Å². The summed E-state index contributed by atoms with van der Waals surface area (Å²) in [6.45, 7) is 3.31. The minimum absolute atomic E-state index is 0.118. The lowest BCUT2D eigenvalue weighted by molar-refractivity contribution is 0.0179. The van der Waals surface area contributed by atoms with E-state index in [1.807, 2.05) is 0 Å². The first-order chi connectivity index (χ1) is 7.68. The first-order valence-electron chi connectivity index (χ1n) is 6.75. The van der Waals surface area contributed by atoms with Gasteiger partial charge in [-0.15, -0.1) is 0 Å². The van der Waals surface area contributed by atoms with Gasteiger partial charge in [0.25, 0.3) is 0 Å². The van der Waals surface area contributed by atoms with Gasteiger partial charge in [0.1, 0.15) is 0 Å². The summed E-state index contributed by atoms with van der Waals surface area (Å²) >= 11 is 0. The van der Waals surface area contributed by atoms with Gasteiger partial charge in [-0.3, -0.25) is 4.90 Å². The van der Waals surface area contributed by atoms with E-state index < -0.39 is 0 Å². The highest BCUT2D eigenvalue weighted by molar-refractivity contribution is 4.88. The van der Waals surface area contributed by atoms with Gasteiger partial charge in [0.05, 0.1) is 6.10 Å². The Labute approximate surface area is 99.4 Å². The van der Waals surface area contributed by atoms with Crippen LogP contribution in [0.5, 0.6) is 0 Å². The maximum absolute atomic E-state index is 10.5. The highest BCUT2D eigenvalue weighted by Crippen LogP contribution is 2.30. The van der Waals surface area contributed by atoms with Gasteiger partial charge in [0.2, 0.25) is 0 Å². The summed E-state index contributed by atoms with van der Waals surface area (Å²) in [7, 11) is 4.34. The van der Waals surface area contributed by atoms with Crippen LogP contribution in [0.2, 0.25) is 0 Å². The average molecular weight is 226 g/mol. The Morgan fingerprint density at radius 1 is 1.06 bits per heavy atom. The smallest absolute Gasteiger partial charge is 0.0735 e. The second-order valence-electron chi connectivity index (χ2n) is 5.70. The van der Waals surface area contributed by atoms with Gasteiger partial charge in [-0.1, -0.05) is 12.8 Å². The van der Waals surface area contributed by atoms with E-state index in [0.717, 1.165) is 19.6 Å². The molecule has 1 aliphatic carbocycles. The highest BCUT2D eigenvalue weighted by Gasteiger charge is 2.33. The number of nitrogens with zero attached hydrogens (tertiary/aromatic N) is 2. The molecule has 1 saturated carbocycles. The number of rotatable bonds is 2. The molecule has 2 atom stereocenters. The molecule has 1 saturated heterocycles.